The second-order valence-electron chi connectivity index (χ2n) is 8.10. The first-order chi connectivity index (χ1) is 15.2. The molecule has 5 rings (SSSR count). The van der Waals surface area contributed by atoms with E-state index in [1.165, 1.54) is 6.07 Å². The molecule has 31 heavy (non-hydrogen) atoms. The van der Waals surface area contributed by atoms with Crippen molar-refractivity contribution in [2.75, 3.05) is 6.54 Å². The first-order valence-corrected chi connectivity index (χ1v) is 10.7. The Morgan fingerprint density at radius 3 is 2.77 bits per heavy atom. The molecule has 0 saturated carbocycles. The Hall–Kier alpha value is -3.47. The Kier molecular flexibility index (Phi) is 5.24. The van der Waals surface area contributed by atoms with Crippen LogP contribution >= 0.6 is 0 Å². The molecule has 4 aromatic rings. The van der Waals surface area contributed by atoms with E-state index in [0.717, 1.165) is 47.2 Å². The number of pyridine rings is 1. The summed E-state index contributed by atoms with van der Waals surface area (Å²) in [5.74, 6) is -0.0975. The average molecular weight is 413 g/mol. The van der Waals surface area contributed by atoms with Crippen molar-refractivity contribution in [1.29, 1.82) is 0 Å². The predicted molar refractivity (Wildman–Crippen MR) is 119 cm³/mol. The van der Waals surface area contributed by atoms with Crippen LogP contribution in [0.15, 0.2) is 72.9 Å². The molecule has 0 aliphatic carbocycles. The van der Waals surface area contributed by atoms with Crippen LogP contribution in [0.3, 0.4) is 0 Å². The summed E-state index contributed by atoms with van der Waals surface area (Å²) in [6, 6.07) is 20.7. The smallest absolute Gasteiger partial charge is 0.227 e. The van der Waals surface area contributed by atoms with Crippen LogP contribution in [0.5, 0.6) is 0 Å². The molecule has 156 valence electrons. The molecule has 1 fully saturated rings. The van der Waals surface area contributed by atoms with Crippen molar-refractivity contribution in [2.24, 2.45) is 0 Å². The van der Waals surface area contributed by atoms with Gasteiger partial charge in [-0.3, -0.25) is 9.78 Å². The molecule has 2 aromatic carbocycles. The van der Waals surface area contributed by atoms with Gasteiger partial charge >= 0.3 is 0 Å². The second-order valence-corrected chi connectivity index (χ2v) is 8.10. The summed E-state index contributed by atoms with van der Waals surface area (Å²) in [4.78, 5) is 23.2. The van der Waals surface area contributed by atoms with Crippen molar-refractivity contribution in [2.45, 2.75) is 31.7 Å². The predicted octanol–water partition coefficient (Wildman–Crippen LogP) is 5.20. The molecular formula is C26H24FN3O. The van der Waals surface area contributed by atoms with Crippen LogP contribution < -0.4 is 0 Å². The summed E-state index contributed by atoms with van der Waals surface area (Å²) in [6.45, 7) is 0.741. The number of likely N-dealkylation sites (tertiary alicyclic amines) is 1. The van der Waals surface area contributed by atoms with E-state index >= 15 is 0 Å². The van der Waals surface area contributed by atoms with Crippen LogP contribution in [0.25, 0.3) is 10.9 Å². The summed E-state index contributed by atoms with van der Waals surface area (Å²) >= 11 is 0. The van der Waals surface area contributed by atoms with Gasteiger partial charge in [-0.1, -0.05) is 42.5 Å². The molecule has 5 heteroatoms. The van der Waals surface area contributed by atoms with Crippen molar-refractivity contribution in [3.8, 4) is 0 Å². The lowest BCUT2D eigenvalue weighted by atomic mass is 10.1. The maximum absolute atomic E-state index is 14.1. The average Bonchev–Trinajstić information content (AvgIpc) is 3.43. The lowest BCUT2D eigenvalue weighted by molar-refractivity contribution is -0.131. The van der Waals surface area contributed by atoms with E-state index in [9.17, 15) is 9.18 Å². The molecule has 1 amide bonds. The van der Waals surface area contributed by atoms with Gasteiger partial charge in [0.15, 0.2) is 0 Å². The molecule has 2 aromatic heterocycles. The van der Waals surface area contributed by atoms with Gasteiger partial charge in [-0.05, 0) is 48.2 Å². The molecule has 0 unspecified atom stereocenters. The number of fused-ring (bicyclic) bond motifs is 1. The molecule has 0 bridgehead atoms. The molecule has 0 radical (unpaired) electrons. The Balaban J connectivity index is 1.35. The molecule has 1 aliphatic heterocycles. The van der Waals surface area contributed by atoms with E-state index in [1.54, 1.807) is 12.1 Å². The van der Waals surface area contributed by atoms with E-state index in [4.69, 9.17) is 4.98 Å². The van der Waals surface area contributed by atoms with Crippen LogP contribution in [-0.4, -0.2) is 27.3 Å². The highest BCUT2D eigenvalue weighted by Crippen LogP contribution is 2.32. The number of hydrogen-bond donors (Lipinski definition) is 1. The van der Waals surface area contributed by atoms with E-state index < -0.39 is 0 Å². The number of nitrogens with one attached hydrogen (secondary N) is 1. The zero-order valence-electron chi connectivity index (χ0n) is 17.2. The van der Waals surface area contributed by atoms with Gasteiger partial charge < -0.3 is 9.88 Å². The van der Waals surface area contributed by atoms with Gasteiger partial charge in [0.05, 0.1) is 18.2 Å². The van der Waals surface area contributed by atoms with E-state index in [-0.39, 0.29) is 17.8 Å². The molecule has 1 saturated heterocycles. The van der Waals surface area contributed by atoms with E-state index in [2.05, 4.69) is 4.98 Å². The third kappa shape index (κ3) is 3.96. The van der Waals surface area contributed by atoms with Crippen LogP contribution in [-0.2, 0) is 17.6 Å². The molecule has 1 N–H and O–H groups in total. The van der Waals surface area contributed by atoms with Crippen molar-refractivity contribution in [3.05, 3.63) is 101 Å². The van der Waals surface area contributed by atoms with Crippen molar-refractivity contribution < 1.29 is 9.18 Å². The summed E-state index contributed by atoms with van der Waals surface area (Å²) in [6.07, 6.45) is 4.60. The number of nitrogens with zero attached hydrogens (tertiary/aromatic N) is 2. The minimum absolute atomic E-state index is 0.0294. The Morgan fingerprint density at radius 2 is 1.87 bits per heavy atom. The van der Waals surface area contributed by atoms with Crippen LogP contribution in [0.2, 0.25) is 0 Å². The van der Waals surface area contributed by atoms with Gasteiger partial charge in [0.1, 0.15) is 5.82 Å². The van der Waals surface area contributed by atoms with Gasteiger partial charge in [0.25, 0.3) is 0 Å². The van der Waals surface area contributed by atoms with Gasteiger partial charge in [0.2, 0.25) is 5.91 Å². The number of H-pyrrole nitrogens is 1. The fourth-order valence-corrected chi connectivity index (χ4v) is 4.53. The Labute approximate surface area is 180 Å². The number of carbonyl (C=O) groups is 1. The number of rotatable bonds is 5. The van der Waals surface area contributed by atoms with Gasteiger partial charge in [0, 0.05) is 35.8 Å². The molecule has 0 spiro atoms. The fourth-order valence-electron chi connectivity index (χ4n) is 4.53. The quantitative estimate of drug-likeness (QED) is 0.489. The first-order valence-electron chi connectivity index (χ1n) is 10.7. The number of carbonyl (C=O) groups excluding carboxylic acids is 1. The van der Waals surface area contributed by atoms with E-state index in [0.29, 0.717) is 18.4 Å². The first kappa shape index (κ1) is 19.5. The maximum Gasteiger partial charge on any atom is 0.227 e. The number of aromatic nitrogens is 2. The van der Waals surface area contributed by atoms with Crippen LogP contribution in [0, 0.1) is 5.82 Å². The minimum atomic E-state index is -0.217. The highest BCUT2D eigenvalue weighted by atomic mass is 19.1. The second kappa shape index (κ2) is 8.34. The van der Waals surface area contributed by atoms with Crippen molar-refractivity contribution in [3.63, 3.8) is 0 Å². The number of halogens is 1. The maximum atomic E-state index is 14.1. The van der Waals surface area contributed by atoms with Crippen molar-refractivity contribution >= 4 is 16.8 Å². The molecule has 4 nitrogen and oxygen atoms in total. The lowest BCUT2D eigenvalue weighted by Gasteiger charge is -2.25. The van der Waals surface area contributed by atoms with E-state index in [1.807, 2.05) is 59.6 Å². The minimum Gasteiger partial charge on any atom is -0.361 e. The zero-order chi connectivity index (χ0) is 21.2. The summed E-state index contributed by atoms with van der Waals surface area (Å²) < 4.78 is 14.1. The number of aromatic amines is 1. The van der Waals surface area contributed by atoms with Crippen LogP contribution in [0.1, 0.15) is 41.4 Å². The number of amides is 1. The number of para-hydroxylation sites is 1. The summed E-state index contributed by atoms with van der Waals surface area (Å²) in [5.41, 5.74) is 4.40. The zero-order valence-corrected chi connectivity index (χ0v) is 17.2. The topological polar surface area (TPSA) is 49.0 Å². The number of benzene rings is 2. The fraction of sp³-hybridized carbons (Fsp3) is 0.231. The third-order valence-electron chi connectivity index (χ3n) is 6.09. The molecule has 1 atom stereocenters. The third-order valence-corrected chi connectivity index (χ3v) is 6.09. The van der Waals surface area contributed by atoms with Crippen LogP contribution in [0.4, 0.5) is 4.39 Å². The highest BCUT2D eigenvalue weighted by Gasteiger charge is 2.31. The largest absolute Gasteiger partial charge is 0.361 e. The molecular weight excluding hydrogens is 389 g/mol. The Morgan fingerprint density at radius 1 is 1.03 bits per heavy atom. The highest BCUT2D eigenvalue weighted by molar-refractivity contribution is 5.89. The molecule has 1 aliphatic rings. The number of hydrogen-bond acceptors (Lipinski definition) is 2. The monoisotopic (exact) mass is 413 g/mol. The van der Waals surface area contributed by atoms with Gasteiger partial charge in [-0.2, -0.15) is 0 Å². The van der Waals surface area contributed by atoms with Gasteiger partial charge in [-0.15, -0.1) is 0 Å². The summed E-state index contributed by atoms with van der Waals surface area (Å²) in [5, 5.41) is 1.09. The molecule has 3 heterocycles. The lowest BCUT2D eigenvalue weighted by Crippen LogP contribution is -2.32. The normalized spacial score (nSPS) is 16.2. The summed E-state index contributed by atoms with van der Waals surface area (Å²) in [7, 11) is 0. The van der Waals surface area contributed by atoms with Gasteiger partial charge in [-0.25, -0.2) is 4.39 Å². The van der Waals surface area contributed by atoms with Crippen molar-refractivity contribution in [1.82, 2.24) is 14.9 Å². The standard InChI is InChI=1S/C26H24FN3O/c27-22-10-3-1-7-18(22)15-20-8-5-12-24(29-20)25-13-6-14-30(25)26(31)16-19-17-28-23-11-4-2-9-21(19)23/h1-5,7-12,17,25,28H,6,13-16H2/t25-/m0/s1. The SMILES string of the molecule is O=C(Cc1c[nH]c2ccccc12)N1CCC[C@H]1c1cccc(Cc2ccccc2F)n1. The Bertz CT molecular complexity index is 1230.